The van der Waals surface area contributed by atoms with E-state index in [1.807, 2.05) is 13.8 Å². The Balaban J connectivity index is 1.88. The minimum absolute atomic E-state index is 0.0194. The van der Waals surface area contributed by atoms with Gasteiger partial charge in [0.05, 0.1) is 16.3 Å². The molecule has 3 rings (SSSR count). The zero-order chi connectivity index (χ0) is 21.0. The molecule has 29 heavy (non-hydrogen) atoms. The Labute approximate surface area is 177 Å². The van der Waals surface area contributed by atoms with Crippen LogP contribution in [0.2, 0.25) is 0 Å². The quantitative estimate of drug-likeness (QED) is 0.736. The molecular weight excluding hydrogens is 410 g/mol. The minimum Gasteiger partial charge on any atom is -0.352 e. The molecule has 1 saturated heterocycles. The summed E-state index contributed by atoms with van der Waals surface area (Å²) in [5, 5.41) is 2.87. The first-order valence-electron chi connectivity index (χ1n) is 10.2. The Morgan fingerprint density at radius 1 is 1.21 bits per heavy atom. The van der Waals surface area contributed by atoms with Crippen molar-refractivity contribution in [1.82, 2.24) is 9.62 Å². The minimum atomic E-state index is -3.63. The SMILES string of the molecule is CCC(C)NC(=O)CN1C(=O)CSc2ccc(S(=O)(=O)N3CCCCCC3)cc21. The molecule has 1 N–H and O–H groups in total. The number of thioether (sulfide) groups is 1. The van der Waals surface area contributed by atoms with Crippen LogP contribution in [0, 0.1) is 0 Å². The number of nitrogens with zero attached hydrogens (tertiary/aromatic N) is 2. The van der Waals surface area contributed by atoms with E-state index >= 15 is 0 Å². The van der Waals surface area contributed by atoms with Gasteiger partial charge in [-0.05, 0) is 44.4 Å². The van der Waals surface area contributed by atoms with Crippen LogP contribution >= 0.6 is 11.8 Å². The lowest BCUT2D eigenvalue weighted by molar-refractivity contribution is -0.123. The van der Waals surface area contributed by atoms with E-state index in [-0.39, 0.29) is 35.0 Å². The molecule has 0 aromatic heterocycles. The van der Waals surface area contributed by atoms with E-state index in [9.17, 15) is 18.0 Å². The summed E-state index contributed by atoms with van der Waals surface area (Å²) >= 11 is 1.37. The van der Waals surface area contributed by atoms with Gasteiger partial charge in [-0.15, -0.1) is 11.8 Å². The summed E-state index contributed by atoms with van der Waals surface area (Å²) in [5.41, 5.74) is 0.501. The van der Waals surface area contributed by atoms with Crippen molar-refractivity contribution >= 4 is 39.3 Å². The lowest BCUT2D eigenvalue weighted by Crippen LogP contribution is -2.45. The van der Waals surface area contributed by atoms with Crippen LogP contribution in [-0.2, 0) is 19.6 Å². The molecule has 160 valence electrons. The number of anilines is 1. The van der Waals surface area contributed by atoms with E-state index in [0.717, 1.165) is 37.0 Å². The van der Waals surface area contributed by atoms with Crippen molar-refractivity contribution in [2.45, 2.75) is 61.8 Å². The molecule has 0 saturated carbocycles. The number of nitrogens with one attached hydrogen (secondary N) is 1. The van der Waals surface area contributed by atoms with Gasteiger partial charge in [0.15, 0.2) is 0 Å². The lowest BCUT2D eigenvalue weighted by Gasteiger charge is -2.30. The molecule has 7 nitrogen and oxygen atoms in total. The number of hydrogen-bond acceptors (Lipinski definition) is 5. The van der Waals surface area contributed by atoms with Crippen molar-refractivity contribution in [2.24, 2.45) is 0 Å². The number of hydrogen-bond donors (Lipinski definition) is 1. The van der Waals surface area contributed by atoms with Gasteiger partial charge in [0.1, 0.15) is 6.54 Å². The fourth-order valence-electron chi connectivity index (χ4n) is 3.51. The van der Waals surface area contributed by atoms with Crippen molar-refractivity contribution in [3.8, 4) is 0 Å². The number of sulfonamides is 1. The number of rotatable bonds is 6. The summed E-state index contributed by atoms with van der Waals surface area (Å²) in [7, 11) is -3.63. The Morgan fingerprint density at radius 2 is 1.90 bits per heavy atom. The monoisotopic (exact) mass is 439 g/mol. The highest BCUT2D eigenvalue weighted by atomic mass is 32.2. The fourth-order valence-corrected chi connectivity index (χ4v) is 5.97. The second-order valence-electron chi connectivity index (χ2n) is 7.59. The van der Waals surface area contributed by atoms with Crippen LogP contribution in [0.15, 0.2) is 28.0 Å². The predicted molar refractivity (Wildman–Crippen MR) is 115 cm³/mol. The third-order valence-corrected chi connectivity index (χ3v) is 8.34. The van der Waals surface area contributed by atoms with Crippen LogP contribution < -0.4 is 10.2 Å². The molecule has 2 heterocycles. The van der Waals surface area contributed by atoms with Crippen LogP contribution in [-0.4, -0.2) is 56.0 Å². The van der Waals surface area contributed by atoms with Crippen molar-refractivity contribution in [2.75, 3.05) is 30.3 Å². The molecule has 1 unspecified atom stereocenters. The van der Waals surface area contributed by atoms with Gasteiger partial charge in [-0.1, -0.05) is 19.8 Å². The molecule has 0 spiro atoms. The van der Waals surface area contributed by atoms with Gasteiger partial charge in [-0.3, -0.25) is 9.59 Å². The van der Waals surface area contributed by atoms with Crippen molar-refractivity contribution in [1.29, 1.82) is 0 Å². The highest BCUT2D eigenvalue weighted by Crippen LogP contribution is 2.37. The molecule has 0 radical (unpaired) electrons. The van der Waals surface area contributed by atoms with Gasteiger partial charge >= 0.3 is 0 Å². The largest absolute Gasteiger partial charge is 0.352 e. The van der Waals surface area contributed by atoms with Gasteiger partial charge in [-0.2, -0.15) is 4.31 Å². The van der Waals surface area contributed by atoms with Gasteiger partial charge in [-0.25, -0.2) is 8.42 Å². The summed E-state index contributed by atoms with van der Waals surface area (Å²) in [6.07, 6.45) is 4.60. The molecule has 0 aliphatic carbocycles. The maximum absolute atomic E-state index is 13.2. The van der Waals surface area contributed by atoms with Crippen LogP contribution in [0.3, 0.4) is 0 Å². The Morgan fingerprint density at radius 3 is 2.55 bits per heavy atom. The predicted octanol–water partition coefficient (Wildman–Crippen LogP) is 2.60. The molecule has 1 atom stereocenters. The third-order valence-electron chi connectivity index (χ3n) is 5.40. The van der Waals surface area contributed by atoms with Crippen molar-refractivity contribution < 1.29 is 18.0 Å². The summed E-state index contributed by atoms with van der Waals surface area (Å²) in [5.74, 6) is -0.195. The first-order valence-corrected chi connectivity index (χ1v) is 12.6. The second-order valence-corrected chi connectivity index (χ2v) is 10.5. The topological polar surface area (TPSA) is 86.8 Å². The van der Waals surface area contributed by atoms with E-state index in [1.54, 1.807) is 22.5 Å². The maximum atomic E-state index is 13.2. The Kier molecular flexibility index (Phi) is 7.23. The lowest BCUT2D eigenvalue weighted by atomic mass is 10.2. The highest BCUT2D eigenvalue weighted by molar-refractivity contribution is 8.00. The molecule has 9 heteroatoms. The summed E-state index contributed by atoms with van der Waals surface area (Å²) in [4.78, 5) is 27.3. The van der Waals surface area contributed by atoms with Gasteiger partial charge < -0.3 is 10.2 Å². The van der Waals surface area contributed by atoms with Crippen LogP contribution in [0.1, 0.15) is 46.0 Å². The molecule has 1 aromatic rings. The number of fused-ring (bicyclic) bond motifs is 1. The van der Waals surface area contributed by atoms with E-state index in [1.165, 1.54) is 16.7 Å². The molecule has 0 bridgehead atoms. The smallest absolute Gasteiger partial charge is 0.243 e. The second kappa shape index (κ2) is 9.49. The molecule has 1 aromatic carbocycles. The first kappa shape index (κ1) is 22.1. The van der Waals surface area contributed by atoms with Crippen LogP contribution in [0.5, 0.6) is 0 Å². The van der Waals surface area contributed by atoms with Crippen LogP contribution in [0.4, 0.5) is 5.69 Å². The highest BCUT2D eigenvalue weighted by Gasteiger charge is 2.31. The van der Waals surface area contributed by atoms with Crippen molar-refractivity contribution in [3.05, 3.63) is 18.2 Å². The number of carbonyl (C=O) groups excluding carboxylic acids is 2. The number of carbonyl (C=O) groups is 2. The van der Waals surface area contributed by atoms with Crippen molar-refractivity contribution in [3.63, 3.8) is 0 Å². The van der Waals surface area contributed by atoms with Gasteiger partial charge in [0.25, 0.3) is 0 Å². The van der Waals surface area contributed by atoms with Gasteiger partial charge in [0.2, 0.25) is 21.8 Å². The molecule has 2 aliphatic heterocycles. The summed E-state index contributed by atoms with van der Waals surface area (Å²) in [6.45, 7) is 4.82. The number of amides is 2. The van der Waals surface area contributed by atoms with E-state index in [4.69, 9.17) is 0 Å². The molecule has 2 aliphatic rings. The average molecular weight is 440 g/mol. The maximum Gasteiger partial charge on any atom is 0.243 e. The molecular formula is C20H29N3O4S2. The Bertz CT molecular complexity index is 864. The number of benzene rings is 1. The van der Waals surface area contributed by atoms with E-state index in [2.05, 4.69) is 5.32 Å². The van der Waals surface area contributed by atoms with E-state index < -0.39 is 10.0 Å². The van der Waals surface area contributed by atoms with Crippen LogP contribution in [0.25, 0.3) is 0 Å². The fraction of sp³-hybridized carbons (Fsp3) is 0.600. The standard InChI is InChI=1S/C20H29N3O4S2/c1-3-15(2)21-19(24)13-23-17-12-16(8-9-18(17)28-14-20(23)25)29(26,27)22-10-6-4-5-7-11-22/h8-9,12,15H,3-7,10-11,13-14H2,1-2H3,(H,21,24). The first-order chi connectivity index (χ1) is 13.8. The van der Waals surface area contributed by atoms with Gasteiger partial charge in [0, 0.05) is 24.0 Å². The zero-order valence-corrected chi connectivity index (χ0v) is 18.7. The van der Waals surface area contributed by atoms with E-state index in [0.29, 0.717) is 18.8 Å². The normalized spacial score (nSPS) is 19.4. The zero-order valence-electron chi connectivity index (χ0n) is 17.0. The summed E-state index contributed by atoms with van der Waals surface area (Å²) in [6, 6.07) is 4.93. The Hall–Kier alpha value is -1.58. The summed E-state index contributed by atoms with van der Waals surface area (Å²) < 4.78 is 27.9. The average Bonchev–Trinajstić information content (AvgIpc) is 2.99. The molecule has 1 fully saturated rings. The molecule has 2 amide bonds. The third kappa shape index (κ3) is 5.13.